The zero-order chi connectivity index (χ0) is 26.3. The third kappa shape index (κ3) is 15.6. The maximum absolute atomic E-state index is 12.0. The van der Waals surface area contributed by atoms with E-state index >= 15 is 0 Å². The maximum Gasteiger partial charge on any atom is 0.252 e. The highest BCUT2D eigenvalue weighted by molar-refractivity contribution is 6.67. The Labute approximate surface area is 226 Å². The van der Waals surface area contributed by atoms with Crippen molar-refractivity contribution in [2.45, 2.75) is 136 Å². The standard InChI is InChI=1S/C31H53ClO4/c1-4-7-10-13-16-19-22-34-28-25-27(31(32)33)26-29(35-23-20-17-14-11-8-5-2)30(28)36-24-21-18-15-12-9-6-3/h25-26H,4-24H2,1-3H3. The molecular formula is C31H53ClO4. The minimum absolute atomic E-state index is 0.388. The first-order valence-corrected chi connectivity index (χ1v) is 15.3. The van der Waals surface area contributed by atoms with Gasteiger partial charge in [0, 0.05) is 5.56 Å². The van der Waals surface area contributed by atoms with Gasteiger partial charge in [0.1, 0.15) is 0 Å². The summed E-state index contributed by atoms with van der Waals surface area (Å²) < 4.78 is 18.5. The molecule has 0 radical (unpaired) electrons. The Balaban J connectivity index is 2.78. The lowest BCUT2D eigenvalue weighted by atomic mass is 10.1. The van der Waals surface area contributed by atoms with Crippen LogP contribution >= 0.6 is 11.6 Å². The first-order valence-electron chi connectivity index (χ1n) is 14.9. The van der Waals surface area contributed by atoms with Gasteiger partial charge in [-0.25, -0.2) is 0 Å². The zero-order valence-electron chi connectivity index (χ0n) is 23.5. The summed E-state index contributed by atoms with van der Waals surface area (Å²) in [6.07, 6.45) is 21.5. The van der Waals surface area contributed by atoms with Gasteiger partial charge < -0.3 is 14.2 Å². The molecule has 5 heteroatoms. The number of unbranched alkanes of at least 4 members (excludes halogenated alkanes) is 15. The highest BCUT2D eigenvalue weighted by Crippen LogP contribution is 2.40. The SMILES string of the molecule is CCCCCCCCOc1cc(C(=O)Cl)cc(OCCCCCCCC)c1OCCCCCCCC. The molecule has 36 heavy (non-hydrogen) atoms. The number of halogens is 1. The molecule has 0 heterocycles. The van der Waals surface area contributed by atoms with E-state index < -0.39 is 5.24 Å². The van der Waals surface area contributed by atoms with Crippen molar-refractivity contribution in [1.82, 2.24) is 0 Å². The van der Waals surface area contributed by atoms with Gasteiger partial charge in [0.25, 0.3) is 5.24 Å². The molecule has 0 aliphatic carbocycles. The summed E-state index contributed by atoms with van der Waals surface area (Å²) in [6, 6.07) is 3.42. The lowest BCUT2D eigenvalue weighted by Gasteiger charge is -2.18. The van der Waals surface area contributed by atoms with Crippen LogP contribution in [0.3, 0.4) is 0 Å². The summed E-state index contributed by atoms with van der Waals surface area (Å²) in [4.78, 5) is 12.0. The van der Waals surface area contributed by atoms with Gasteiger partial charge in [-0.05, 0) is 43.0 Å². The van der Waals surface area contributed by atoms with Gasteiger partial charge in [-0.15, -0.1) is 0 Å². The van der Waals surface area contributed by atoms with Crippen LogP contribution in [-0.4, -0.2) is 25.1 Å². The fourth-order valence-electron chi connectivity index (χ4n) is 4.23. The van der Waals surface area contributed by atoms with E-state index in [1.54, 1.807) is 12.1 Å². The van der Waals surface area contributed by atoms with E-state index in [1.807, 2.05) is 0 Å². The Bertz CT molecular complexity index is 638. The van der Waals surface area contributed by atoms with Crippen molar-refractivity contribution in [3.05, 3.63) is 17.7 Å². The van der Waals surface area contributed by atoms with E-state index in [2.05, 4.69) is 20.8 Å². The molecule has 0 bridgehead atoms. The van der Waals surface area contributed by atoms with Crippen molar-refractivity contribution in [3.8, 4) is 17.2 Å². The highest BCUT2D eigenvalue weighted by Gasteiger charge is 2.18. The van der Waals surface area contributed by atoms with E-state index in [4.69, 9.17) is 25.8 Å². The van der Waals surface area contributed by atoms with Crippen molar-refractivity contribution < 1.29 is 19.0 Å². The first kappa shape index (κ1) is 32.6. The predicted octanol–water partition coefficient (Wildman–Crippen LogP) is 10.3. The topological polar surface area (TPSA) is 44.8 Å². The second-order valence-electron chi connectivity index (χ2n) is 9.92. The van der Waals surface area contributed by atoms with Crippen LogP contribution in [-0.2, 0) is 0 Å². The van der Waals surface area contributed by atoms with Crippen molar-refractivity contribution in [2.24, 2.45) is 0 Å². The summed E-state index contributed by atoms with van der Waals surface area (Å²) >= 11 is 5.86. The van der Waals surface area contributed by atoms with Gasteiger partial charge in [-0.2, -0.15) is 0 Å². The van der Waals surface area contributed by atoms with Gasteiger partial charge in [0.2, 0.25) is 5.75 Å². The Hall–Kier alpha value is -1.42. The quantitative estimate of drug-likeness (QED) is 0.0942. The van der Waals surface area contributed by atoms with Crippen molar-refractivity contribution >= 4 is 16.8 Å². The van der Waals surface area contributed by atoms with Crippen LogP contribution in [0.2, 0.25) is 0 Å². The molecule has 0 saturated heterocycles. The summed E-state index contributed by atoms with van der Waals surface area (Å²) in [5.41, 5.74) is 0.388. The number of benzene rings is 1. The van der Waals surface area contributed by atoms with Crippen LogP contribution in [0.1, 0.15) is 147 Å². The first-order chi connectivity index (χ1) is 17.6. The highest BCUT2D eigenvalue weighted by atomic mass is 35.5. The number of carbonyl (C=O) groups is 1. The molecule has 0 saturated carbocycles. The van der Waals surface area contributed by atoms with E-state index in [0.717, 1.165) is 38.5 Å². The largest absolute Gasteiger partial charge is 0.490 e. The molecule has 0 atom stereocenters. The van der Waals surface area contributed by atoms with Crippen LogP contribution in [0.25, 0.3) is 0 Å². The molecule has 0 unspecified atom stereocenters. The predicted molar refractivity (Wildman–Crippen MR) is 153 cm³/mol. The molecule has 0 fully saturated rings. The van der Waals surface area contributed by atoms with Gasteiger partial charge in [0.05, 0.1) is 19.8 Å². The molecule has 1 aromatic rings. The summed E-state index contributed by atoms with van der Waals surface area (Å²) in [5, 5.41) is -0.508. The number of carbonyl (C=O) groups excluding carboxylic acids is 1. The van der Waals surface area contributed by atoms with Crippen molar-refractivity contribution in [1.29, 1.82) is 0 Å². The number of rotatable bonds is 25. The molecule has 0 aliphatic rings. The van der Waals surface area contributed by atoms with Crippen LogP contribution in [0.5, 0.6) is 17.2 Å². The smallest absolute Gasteiger partial charge is 0.252 e. The van der Waals surface area contributed by atoms with Crippen molar-refractivity contribution in [3.63, 3.8) is 0 Å². The van der Waals surface area contributed by atoms with E-state index in [1.165, 1.54) is 77.0 Å². The van der Waals surface area contributed by atoms with Crippen LogP contribution in [0.4, 0.5) is 0 Å². The fraction of sp³-hybridized carbons (Fsp3) is 0.774. The lowest BCUT2D eigenvalue weighted by molar-refractivity contribution is 0.108. The maximum atomic E-state index is 12.0. The molecule has 0 amide bonds. The number of hydrogen-bond donors (Lipinski definition) is 0. The third-order valence-electron chi connectivity index (χ3n) is 6.50. The summed E-state index contributed by atoms with van der Waals surface area (Å²) in [5.74, 6) is 1.75. The zero-order valence-corrected chi connectivity index (χ0v) is 24.3. The molecule has 0 spiro atoms. The Morgan fingerprint density at radius 2 is 0.889 bits per heavy atom. The molecular weight excluding hydrogens is 472 g/mol. The van der Waals surface area contributed by atoms with Crippen LogP contribution < -0.4 is 14.2 Å². The molecule has 208 valence electrons. The van der Waals surface area contributed by atoms with Gasteiger partial charge in [-0.1, -0.05) is 117 Å². The second-order valence-corrected chi connectivity index (χ2v) is 10.3. The molecule has 0 aromatic heterocycles. The number of ether oxygens (including phenoxy) is 3. The third-order valence-corrected chi connectivity index (χ3v) is 6.72. The van der Waals surface area contributed by atoms with Gasteiger partial charge in [0.15, 0.2) is 11.5 Å². The summed E-state index contributed by atoms with van der Waals surface area (Å²) in [7, 11) is 0. The molecule has 1 rings (SSSR count). The number of hydrogen-bond acceptors (Lipinski definition) is 4. The van der Waals surface area contributed by atoms with Gasteiger partial charge in [-0.3, -0.25) is 4.79 Å². The average molecular weight is 525 g/mol. The lowest BCUT2D eigenvalue weighted by Crippen LogP contribution is -2.07. The Kier molecular flexibility index (Phi) is 20.6. The van der Waals surface area contributed by atoms with E-state index in [9.17, 15) is 4.79 Å². The van der Waals surface area contributed by atoms with E-state index in [0.29, 0.717) is 42.6 Å². The normalized spacial score (nSPS) is 11.0. The van der Waals surface area contributed by atoms with E-state index in [-0.39, 0.29) is 0 Å². The molecule has 1 aromatic carbocycles. The Morgan fingerprint density at radius 1 is 0.556 bits per heavy atom. The monoisotopic (exact) mass is 524 g/mol. The Morgan fingerprint density at radius 3 is 1.25 bits per heavy atom. The second kappa shape index (κ2) is 22.8. The minimum atomic E-state index is -0.508. The molecule has 0 N–H and O–H groups in total. The molecule has 0 aliphatic heterocycles. The molecule has 4 nitrogen and oxygen atoms in total. The fourth-order valence-corrected chi connectivity index (χ4v) is 4.34. The van der Waals surface area contributed by atoms with Crippen molar-refractivity contribution in [2.75, 3.05) is 19.8 Å². The van der Waals surface area contributed by atoms with Crippen LogP contribution in [0.15, 0.2) is 12.1 Å². The summed E-state index contributed by atoms with van der Waals surface area (Å²) in [6.45, 7) is 8.49. The average Bonchev–Trinajstić information content (AvgIpc) is 2.87. The van der Waals surface area contributed by atoms with Crippen LogP contribution in [0, 0.1) is 0 Å². The van der Waals surface area contributed by atoms with Gasteiger partial charge >= 0.3 is 0 Å². The minimum Gasteiger partial charge on any atom is -0.490 e.